The van der Waals surface area contributed by atoms with Gasteiger partial charge in [-0.1, -0.05) is 28.1 Å². The fraction of sp³-hybridized carbons (Fsp3) is 0.591. The van der Waals surface area contributed by atoms with E-state index in [0.29, 0.717) is 26.1 Å². The number of primary amides is 2. The summed E-state index contributed by atoms with van der Waals surface area (Å²) in [6, 6.07) is 7.47. The van der Waals surface area contributed by atoms with E-state index >= 15 is 0 Å². The van der Waals surface area contributed by atoms with Crippen molar-refractivity contribution in [1.82, 2.24) is 10.2 Å². The maximum atomic E-state index is 13.4. The summed E-state index contributed by atoms with van der Waals surface area (Å²) in [6.07, 6.45) is 4.13. The molecule has 0 unspecified atom stereocenters. The fourth-order valence-corrected chi connectivity index (χ4v) is 7.83. The molecule has 3 aliphatic carbocycles. The number of nitrogens with one attached hydrogen (secondary N) is 1. The van der Waals surface area contributed by atoms with Gasteiger partial charge in [0, 0.05) is 24.1 Å². The minimum absolute atomic E-state index is 0.00794. The number of amides is 4. The molecule has 1 aromatic carbocycles. The van der Waals surface area contributed by atoms with Crippen LogP contribution in [0.2, 0.25) is 0 Å². The minimum atomic E-state index is -1.14. The van der Waals surface area contributed by atoms with Crippen LogP contribution >= 0.6 is 15.9 Å². The van der Waals surface area contributed by atoms with Gasteiger partial charge in [-0.05, 0) is 67.1 Å². The van der Waals surface area contributed by atoms with E-state index in [1.54, 1.807) is 4.90 Å². The fourth-order valence-electron chi connectivity index (χ4n) is 7.56. The van der Waals surface area contributed by atoms with E-state index in [4.69, 9.17) is 11.5 Å². The van der Waals surface area contributed by atoms with Crippen molar-refractivity contribution in [3.8, 4) is 0 Å². The largest absolute Gasteiger partial charge is 0.369 e. The van der Waals surface area contributed by atoms with Crippen LogP contribution in [0.15, 0.2) is 28.7 Å². The zero-order valence-electron chi connectivity index (χ0n) is 16.8. The summed E-state index contributed by atoms with van der Waals surface area (Å²) in [5.41, 5.74) is 10.9. The molecule has 1 spiro atoms. The number of urea groups is 1. The van der Waals surface area contributed by atoms with E-state index in [9.17, 15) is 14.4 Å². The maximum absolute atomic E-state index is 13.4. The zero-order chi connectivity index (χ0) is 21.3. The summed E-state index contributed by atoms with van der Waals surface area (Å²) in [5.74, 6) is -0.891. The maximum Gasteiger partial charge on any atom is 0.317 e. The highest BCUT2D eigenvalue weighted by Crippen LogP contribution is 2.82. The van der Waals surface area contributed by atoms with Crippen LogP contribution in [0.4, 0.5) is 4.79 Å². The number of carbonyl (C=O) groups is 3. The lowest BCUT2D eigenvalue weighted by atomic mass is 9.51. The highest BCUT2D eigenvalue weighted by molar-refractivity contribution is 9.10. The van der Waals surface area contributed by atoms with E-state index in [1.165, 1.54) is 0 Å². The second kappa shape index (κ2) is 6.45. The second-order valence-electron chi connectivity index (χ2n) is 9.40. The first-order chi connectivity index (χ1) is 14.3. The second-order valence-corrected chi connectivity index (χ2v) is 10.3. The van der Waals surface area contributed by atoms with Crippen molar-refractivity contribution in [2.45, 2.75) is 37.5 Å². The van der Waals surface area contributed by atoms with Gasteiger partial charge in [0.15, 0.2) is 0 Å². The van der Waals surface area contributed by atoms with Gasteiger partial charge < -0.3 is 21.7 Å². The van der Waals surface area contributed by atoms with Crippen molar-refractivity contribution in [1.29, 1.82) is 0 Å². The Hall–Kier alpha value is -2.09. The third kappa shape index (κ3) is 2.23. The highest BCUT2D eigenvalue weighted by Gasteiger charge is 2.83. The van der Waals surface area contributed by atoms with Crippen molar-refractivity contribution < 1.29 is 14.4 Å². The molecular weight excluding hydrogens is 448 g/mol. The molecule has 4 aliphatic rings. The molecular formula is C22H27BrN4O3. The molecule has 4 fully saturated rings. The number of hydrogen-bond donors (Lipinski definition) is 3. The Morgan fingerprint density at radius 2 is 1.77 bits per heavy atom. The summed E-state index contributed by atoms with van der Waals surface area (Å²) in [7, 11) is 0. The molecule has 2 bridgehead atoms. The van der Waals surface area contributed by atoms with Crippen LogP contribution in [0, 0.1) is 22.7 Å². The third-order valence-electron chi connectivity index (χ3n) is 8.63. The van der Waals surface area contributed by atoms with Crippen molar-refractivity contribution in [2.24, 2.45) is 34.1 Å². The highest BCUT2D eigenvalue weighted by atomic mass is 79.9. The quantitative estimate of drug-likeness (QED) is 0.583. The first-order valence-electron chi connectivity index (χ1n) is 10.7. The zero-order valence-corrected chi connectivity index (χ0v) is 18.4. The molecule has 5 rings (SSSR count). The molecule has 1 heterocycles. The van der Waals surface area contributed by atoms with Crippen LogP contribution in [0.1, 0.15) is 37.7 Å². The topological polar surface area (TPSA) is 119 Å². The molecule has 1 aliphatic heterocycles. The van der Waals surface area contributed by atoms with Gasteiger partial charge in [-0.3, -0.25) is 9.59 Å². The van der Waals surface area contributed by atoms with Gasteiger partial charge in [0.2, 0.25) is 11.8 Å². The first kappa shape index (κ1) is 19.8. The number of nitrogens with zero attached hydrogens (tertiary/aromatic N) is 1. The summed E-state index contributed by atoms with van der Waals surface area (Å²) >= 11 is 3.47. The SMILES string of the molecule is NC(=O)[C@]1(CCN2CCNC2=O)[C@@H]2CC[C@@H](C23CC3)[C@@]1(C(N)=O)c1ccc(Br)cc1. The Labute approximate surface area is 184 Å². The Morgan fingerprint density at radius 1 is 1.10 bits per heavy atom. The van der Waals surface area contributed by atoms with Gasteiger partial charge in [-0.2, -0.15) is 0 Å². The van der Waals surface area contributed by atoms with Gasteiger partial charge in [-0.15, -0.1) is 0 Å². The molecule has 3 saturated carbocycles. The summed E-state index contributed by atoms with van der Waals surface area (Å²) in [5, 5.41) is 2.80. The van der Waals surface area contributed by atoms with E-state index in [2.05, 4.69) is 21.2 Å². The van der Waals surface area contributed by atoms with E-state index in [-0.39, 0.29) is 23.3 Å². The Morgan fingerprint density at radius 3 is 2.30 bits per heavy atom. The number of halogens is 1. The molecule has 160 valence electrons. The van der Waals surface area contributed by atoms with Crippen LogP contribution in [0.3, 0.4) is 0 Å². The molecule has 5 N–H and O–H groups in total. The van der Waals surface area contributed by atoms with Crippen molar-refractivity contribution in [3.63, 3.8) is 0 Å². The minimum Gasteiger partial charge on any atom is -0.369 e. The number of rotatable bonds is 6. The van der Waals surface area contributed by atoms with Crippen LogP contribution in [-0.2, 0) is 15.0 Å². The van der Waals surface area contributed by atoms with Crippen LogP contribution in [0.5, 0.6) is 0 Å². The summed E-state index contributed by atoms with van der Waals surface area (Å²) < 4.78 is 0.897. The normalized spacial score (nSPS) is 35.6. The summed E-state index contributed by atoms with van der Waals surface area (Å²) in [6.45, 7) is 1.57. The lowest BCUT2D eigenvalue weighted by Gasteiger charge is -2.50. The predicted octanol–water partition coefficient (Wildman–Crippen LogP) is 1.88. The van der Waals surface area contributed by atoms with Gasteiger partial charge >= 0.3 is 6.03 Å². The smallest absolute Gasteiger partial charge is 0.317 e. The number of nitrogens with two attached hydrogens (primary N) is 2. The lowest BCUT2D eigenvalue weighted by molar-refractivity contribution is -0.147. The van der Waals surface area contributed by atoms with Crippen LogP contribution < -0.4 is 16.8 Å². The standard InChI is InChI=1S/C22H27BrN4O3/c23-14-3-1-13(2-4-14)22(18(25)29)16-6-5-15(20(16)7-8-20)21(22,17(24)28)9-11-27-12-10-26-19(27)30/h1-4,15-16H,5-12H2,(H2,24,28)(H2,25,29)(H,26,30)/t15-,16+,21+,22-/m1/s1. The molecule has 30 heavy (non-hydrogen) atoms. The Bertz CT molecular complexity index is 931. The van der Waals surface area contributed by atoms with Crippen molar-refractivity contribution in [2.75, 3.05) is 19.6 Å². The Balaban J connectivity index is 1.69. The Kier molecular flexibility index (Phi) is 4.27. The van der Waals surface area contributed by atoms with E-state index in [0.717, 1.165) is 35.7 Å². The van der Waals surface area contributed by atoms with E-state index in [1.807, 2.05) is 24.3 Å². The van der Waals surface area contributed by atoms with Gasteiger partial charge in [-0.25, -0.2) is 4.79 Å². The number of carbonyl (C=O) groups excluding carboxylic acids is 3. The van der Waals surface area contributed by atoms with Gasteiger partial charge in [0.05, 0.1) is 10.8 Å². The van der Waals surface area contributed by atoms with Gasteiger partial charge in [0.1, 0.15) is 0 Å². The molecule has 1 aromatic rings. The predicted molar refractivity (Wildman–Crippen MR) is 114 cm³/mol. The number of benzene rings is 1. The van der Waals surface area contributed by atoms with Crippen LogP contribution in [-0.4, -0.2) is 42.4 Å². The molecule has 7 nitrogen and oxygen atoms in total. The molecule has 4 atom stereocenters. The monoisotopic (exact) mass is 474 g/mol. The van der Waals surface area contributed by atoms with Crippen molar-refractivity contribution >= 4 is 33.8 Å². The number of hydrogen-bond acceptors (Lipinski definition) is 3. The molecule has 0 radical (unpaired) electrons. The third-order valence-corrected chi connectivity index (χ3v) is 9.16. The average molecular weight is 475 g/mol. The van der Waals surface area contributed by atoms with Crippen LogP contribution in [0.25, 0.3) is 0 Å². The van der Waals surface area contributed by atoms with E-state index < -0.39 is 22.6 Å². The molecule has 8 heteroatoms. The first-order valence-corrected chi connectivity index (χ1v) is 11.5. The molecule has 1 saturated heterocycles. The lowest BCUT2D eigenvalue weighted by Crippen LogP contribution is -2.63. The molecule has 4 amide bonds. The average Bonchev–Trinajstić information content (AvgIpc) is 3.20. The van der Waals surface area contributed by atoms with Gasteiger partial charge in [0.25, 0.3) is 0 Å². The summed E-state index contributed by atoms with van der Waals surface area (Å²) in [4.78, 5) is 40.6. The van der Waals surface area contributed by atoms with Crippen molar-refractivity contribution in [3.05, 3.63) is 34.3 Å². The molecule has 0 aromatic heterocycles.